The van der Waals surface area contributed by atoms with Gasteiger partial charge in [0.15, 0.2) is 0 Å². The summed E-state index contributed by atoms with van der Waals surface area (Å²) in [4.78, 5) is 21.3. The summed E-state index contributed by atoms with van der Waals surface area (Å²) >= 11 is 0. The van der Waals surface area contributed by atoms with E-state index >= 15 is 0 Å². The van der Waals surface area contributed by atoms with E-state index in [0.29, 0.717) is 45.6 Å². The zero-order valence-corrected chi connectivity index (χ0v) is 18.9. The number of aliphatic imine (C=N–C) groups is 1. The molecule has 8 heteroatoms. The molecular formula is C24H32N6O2. The third-order valence-electron chi connectivity index (χ3n) is 7.25. The minimum atomic E-state index is -0.819. The van der Waals surface area contributed by atoms with Gasteiger partial charge in [-0.25, -0.2) is 4.99 Å². The molecule has 1 saturated heterocycles. The molecule has 0 bridgehead atoms. The molecule has 5 rings (SSSR count). The fourth-order valence-electron chi connectivity index (χ4n) is 4.85. The van der Waals surface area contributed by atoms with Gasteiger partial charge >= 0.3 is 0 Å². The lowest BCUT2D eigenvalue weighted by atomic mass is 9.90. The lowest BCUT2D eigenvalue weighted by Gasteiger charge is -2.41. The van der Waals surface area contributed by atoms with E-state index < -0.39 is 5.60 Å². The van der Waals surface area contributed by atoms with Crippen LogP contribution in [0.1, 0.15) is 43.9 Å². The topological polar surface area (TPSA) is 100.0 Å². The molecule has 3 N–H and O–H groups in total. The smallest absolute Gasteiger partial charge is 0.228 e. The molecule has 0 spiro atoms. The number of likely N-dealkylation sites (tertiary alicyclic amines) is 1. The zero-order chi connectivity index (χ0) is 22.5. The number of rotatable bonds is 5. The van der Waals surface area contributed by atoms with Crippen molar-refractivity contribution in [2.24, 2.45) is 23.2 Å². The van der Waals surface area contributed by atoms with Crippen LogP contribution in [0.15, 0.2) is 29.3 Å². The molecule has 1 aromatic carbocycles. The van der Waals surface area contributed by atoms with Crippen LogP contribution in [0.2, 0.25) is 0 Å². The van der Waals surface area contributed by atoms with E-state index in [1.165, 1.54) is 0 Å². The predicted molar refractivity (Wildman–Crippen MR) is 123 cm³/mol. The van der Waals surface area contributed by atoms with Gasteiger partial charge < -0.3 is 20.6 Å². The number of piperidine rings is 1. The first-order valence-corrected chi connectivity index (χ1v) is 11.5. The Labute approximate surface area is 188 Å². The van der Waals surface area contributed by atoms with E-state index in [0.717, 1.165) is 41.0 Å². The van der Waals surface area contributed by atoms with Crippen LogP contribution in [-0.4, -0.2) is 62.2 Å². The highest BCUT2D eigenvalue weighted by Gasteiger charge is 2.48. The SMILES string of the molecule is Cn1nc2c(c1-c1ccc(CN)cc1)N=CN(CC1(O)CCN(C(=O)C3(C)CC3)CC1)C2. The first-order valence-electron chi connectivity index (χ1n) is 11.5. The number of nitrogens with two attached hydrogens (primary N) is 1. The average molecular weight is 437 g/mol. The summed E-state index contributed by atoms with van der Waals surface area (Å²) in [6, 6.07) is 8.18. The lowest BCUT2D eigenvalue weighted by Crippen LogP contribution is -2.53. The Morgan fingerprint density at radius 2 is 1.84 bits per heavy atom. The maximum atomic E-state index is 12.6. The molecule has 8 nitrogen and oxygen atoms in total. The van der Waals surface area contributed by atoms with E-state index in [4.69, 9.17) is 15.8 Å². The molecule has 1 amide bonds. The molecule has 1 aromatic heterocycles. The molecule has 0 radical (unpaired) electrons. The van der Waals surface area contributed by atoms with Gasteiger partial charge in [-0.1, -0.05) is 31.2 Å². The second-order valence-corrected chi connectivity index (χ2v) is 9.90. The molecule has 0 unspecified atom stereocenters. The molecule has 2 fully saturated rings. The summed E-state index contributed by atoms with van der Waals surface area (Å²) in [5.74, 6) is 0.254. The van der Waals surface area contributed by atoms with Gasteiger partial charge in [0.25, 0.3) is 0 Å². The van der Waals surface area contributed by atoms with Crippen molar-refractivity contribution in [1.29, 1.82) is 0 Å². The van der Waals surface area contributed by atoms with Crippen molar-refractivity contribution >= 4 is 17.9 Å². The zero-order valence-electron chi connectivity index (χ0n) is 18.9. The maximum Gasteiger partial charge on any atom is 0.228 e. The average Bonchev–Trinajstić information content (AvgIpc) is 3.45. The van der Waals surface area contributed by atoms with Crippen molar-refractivity contribution in [2.45, 2.75) is 51.3 Å². The van der Waals surface area contributed by atoms with Gasteiger partial charge in [0.2, 0.25) is 5.91 Å². The second-order valence-electron chi connectivity index (χ2n) is 9.90. The Morgan fingerprint density at radius 1 is 1.16 bits per heavy atom. The van der Waals surface area contributed by atoms with Crippen molar-refractivity contribution in [1.82, 2.24) is 19.6 Å². The standard InChI is InChI=1S/C24H32N6O2/c1-23(7-8-23)22(31)30-11-9-24(32,10-12-30)15-29-14-19-20(26-16-29)21(28(2)27-19)18-5-3-17(13-25)4-6-18/h3-6,16,32H,7-15,25H2,1-2H3. The minimum Gasteiger partial charge on any atom is -0.388 e. The fourth-order valence-corrected chi connectivity index (χ4v) is 4.85. The lowest BCUT2D eigenvalue weighted by molar-refractivity contribution is -0.141. The Bertz CT molecular complexity index is 1050. The Hall–Kier alpha value is -2.71. The van der Waals surface area contributed by atoms with Gasteiger partial charge in [-0.15, -0.1) is 0 Å². The molecular weight excluding hydrogens is 404 g/mol. The number of carbonyl (C=O) groups excluding carboxylic acids is 1. The Balaban J connectivity index is 1.25. The normalized spacial score (nSPS) is 20.9. The Kier molecular flexibility index (Phi) is 5.09. The summed E-state index contributed by atoms with van der Waals surface area (Å²) < 4.78 is 1.88. The van der Waals surface area contributed by atoms with E-state index in [-0.39, 0.29) is 11.3 Å². The minimum absolute atomic E-state index is 0.146. The number of nitrogens with zero attached hydrogens (tertiary/aromatic N) is 5. The maximum absolute atomic E-state index is 12.6. The third-order valence-corrected chi connectivity index (χ3v) is 7.25. The van der Waals surface area contributed by atoms with Crippen LogP contribution >= 0.6 is 0 Å². The molecule has 2 aromatic rings. The first-order chi connectivity index (χ1) is 15.3. The van der Waals surface area contributed by atoms with E-state index in [9.17, 15) is 9.90 Å². The van der Waals surface area contributed by atoms with Gasteiger partial charge in [0.1, 0.15) is 11.4 Å². The van der Waals surface area contributed by atoms with Gasteiger partial charge in [-0.3, -0.25) is 9.48 Å². The molecule has 1 saturated carbocycles. The van der Waals surface area contributed by atoms with Crippen molar-refractivity contribution in [3.8, 4) is 11.3 Å². The number of aryl methyl sites for hydroxylation is 1. The molecule has 1 aliphatic carbocycles. The van der Waals surface area contributed by atoms with E-state index in [1.807, 2.05) is 46.9 Å². The summed E-state index contributed by atoms with van der Waals surface area (Å²) in [6.45, 7) is 4.90. The van der Waals surface area contributed by atoms with Crippen LogP contribution in [-0.2, 0) is 24.9 Å². The summed E-state index contributed by atoms with van der Waals surface area (Å²) in [5, 5.41) is 15.9. The van der Waals surface area contributed by atoms with E-state index in [2.05, 4.69) is 12.1 Å². The highest BCUT2D eigenvalue weighted by molar-refractivity contribution is 5.85. The second kappa shape index (κ2) is 7.71. The highest BCUT2D eigenvalue weighted by Crippen LogP contribution is 2.47. The van der Waals surface area contributed by atoms with Crippen LogP contribution in [0.5, 0.6) is 0 Å². The fraction of sp³-hybridized carbons (Fsp3) is 0.542. The highest BCUT2D eigenvalue weighted by atomic mass is 16.3. The van der Waals surface area contributed by atoms with Crippen LogP contribution in [0, 0.1) is 5.41 Å². The number of aliphatic hydroxyl groups is 1. The number of β-amino-alcohol motifs (C(OH)–C–C–N with tert-alkyl or cyclic N) is 1. The van der Waals surface area contributed by atoms with Gasteiger partial charge in [0.05, 0.1) is 24.2 Å². The number of benzene rings is 1. The van der Waals surface area contributed by atoms with Gasteiger partial charge in [0, 0.05) is 44.2 Å². The first kappa shape index (κ1) is 21.2. The van der Waals surface area contributed by atoms with Crippen LogP contribution in [0.25, 0.3) is 11.3 Å². The van der Waals surface area contributed by atoms with Gasteiger partial charge in [-0.2, -0.15) is 5.10 Å². The van der Waals surface area contributed by atoms with Crippen LogP contribution in [0.3, 0.4) is 0 Å². The summed E-state index contributed by atoms with van der Waals surface area (Å²) in [5.41, 5.74) is 9.68. The molecule has 2 aliphatic heterocycles. The van der Waals surface area contributed by atoms with Crippen molar-refractivity contribution in [3.63, 3.8) is 0 Å². The number of carbonyl (C=O) groups is 1. The van der Waals surface area contributed by atoms with Gasteiger partial charge in [-0.05, 0) is 31.2 Å². The summed E-state index contributed by atoms with van der Waals surface area (Å²) in [6.07, 6.45) is 4.98. The predicted octanol–water partition coefficient (Wildman–Crippen LogP) is 2.17. The Morgan fingerprint density at radius 3 is 2.47 bits per heavy atom. The third kappa shape index (κ3) is 3.82. The number of aromatic nitrogens is 2. The largest absolute Gasteiger partial charge is 0.388 e. The van der Waals surface area contributed by atoms with Crippen molar-refractivity contribution in [2.75, 3.05) is 19.6 Å². The number of fused-ring (bicyclic) bond motifs is 1. The number of amides is 1. The number of hydrogen-bond donors (Lipinski definition) is 2. The molecule has 3 heterocycles. The molecule has 3 aliphatic rings. The molecule has 32 heavy (non-hydrogen) atoms. The van der Waals surface area contributed by atoms with E-state index in [1.54, 1.807) is 0 Å². The van der Waals surface area contributed by atoms with Crippen LogP contribution < -0.4 is 5.73 Å². The number of hydrogen-bond acceptors (Lipinski definition) is 6. The summed E-state index contributed by atoms with van der Waals surface area (Å²) in [7, 11) is 1.94. The van der Waals surface area contributed by atoms with Crippen molar-refractivity contribution < 1.29 is 9.90 Å². The monoisotopic (exact) mass is 436 g/mol. The molecule has 0 atom stereocenters. The quantitative estimate of drug-likeness (QED) is 0.748. The van der Waals surface area contributed by atoms with Crippen molar-refractivity contribution in [3.05, 3.63) is 35.5 Å². The van der Waals surface area contributed by atoms with Crippen LogP contribution in [0.4, 0.5) is 5.69 Å². The molecule has 170 valence electrons.